The number of nitrogens with zero attached hydrogens (tertiary/aromatic N) is 1. The fourth-order valence-electron chi connectivity index (χ4n) is 4.29. The maximum Gasteiger partial charge on any atom is 0.0539 e. The Kier molecular flexibility index (Phi) is 7.04. The van der Waals surface area contributed by atoms with Gasteiger partial charge >= 0.3 is 0 Å². The van der Waals surface area contributed by atoms with E-state index in [1.807, 2.05) is 0 Å². The predicted molar refractivity (Wildman–Crippen MR) is 135 cm³/mol. The standard InChI is InChI=1S/C30H33N/c1-24-13-12-19-28(22-21-24)31(27-17-8-5-9-18-27)30(29-20-11-10-14-25(29)2)23-26-15-6-3-4-7-16-26/h5-6,8-9,11,13,15-23H,3-4,7,10,12,14H2,1-2H3/b30-23+. The molecule has 0 atom stereocenters. The molecular weight excluding hydrogens is 374 g/mol. The highest BCUT2D eigenvalue weighted by Crippen LogP contribution is 2.35. The molecule has 0 aliphatic heterocycles. The summed E-state index contributed by atoms with van der Waals surface area (Å²) < 4.78 is 0. The fourth-order valence-corrected chi connectivity index (χ4v) is 4.29. The minimum absolute atomic E-state index is 0.946. The van der Waals surface area contributed by atoms with Crippen LogP contribution >= 0.6 is 0 Å². The van der Waals surface area contributed by atoms with E-state index < -0.39 is 0 Å². The number of anilines is 1. The smallest absolute Gasteiger partial charge is 0.0539 e. The summed E-state index contributed by atoms with van der Waals surface area (Å²) in [4.78, 5) is 2.44. The second-order valence-electron chi connectivity index (χ2n) is 8.52. The van der Waals surface area contributed by atoms with E-state index in [1.54, 1.807) is 0 Å². The predicted octanol–water partition coefficient (Wildman–Crippen LogP) is 8.50. The number of benzene rings is 1. The first-order valence-electron chi connectivity index (χ1n) is 11.6. The van der Waals surface area contributed by atoms with Crippen LogP contribution in [0.3, 0.4) is 0 Å². The maximum absolute atomic E-state index is 2.44. The van der Waals surface area contributed by atoms with Gasteiger partial charge in [-0.15, -0.1) is 0 Å². The normalized spacial score (nSPS) is 19.4. The van der Waals surface area contributed by atoms with E-state index in [0.717, 1.165) is 32.1 Å². The van der Waals surface area contributed by atoms with Crippen LogP contribution in [0.4, 0.5) is 5.69 Å². The van der Waals surface area contributed by atoms with E-state index in [9.17, 15) is 0 Å². The van der Waals surface area contributed by atoms with Crippen molar-refractivity contribution < 1.29 is 0 Å². The van der Waals surface area contributed by atoms with Crippen molar-refractivity contribution in [1.29, 1.82) is 0 Å². The molecule has 4 rings (SSSR count). The molecule has 0 amide bonds. The molecular formula is C30H33N. The summed E-state index contributed by atoms with van der Waals surface area (Å²) in [6.45, 7) is 4.46. The zero-order chi connectivity index (χ0) is 21.5. The minimum Gasteiger partial charge on any atom is -0.310 e. The number of hydrogen-bond acceptors (Lipinski definition) is 1. The number of allylic oxidation sites excluding steroid dienone is 13. The molecule has 0 unspecified atom stereocenters. The second-order valence-corrected chi connectivity index (χ2v) is 8.52. The van der Waals surface area contributed by atoms with Crippen LogP contribution in [0.1, 0.15) is 52.4 Å². The largest absolute Gasteiger partial charge is 0.310 e. The van der Waals surface area contributed by atoms with Crippen molar-refractivity contribution >= 4 is 5.69 Å². The molecule has 1 nitrogen and oxygen atoms in total. The molecule has 1 aromatic carbocycles. The van der Waals surface area contributed by atoms with Crippen molar-refractivity contribution in [1.82, 2.24) is 0 Å². The van der Waals surface area contributed by atoms with Gasteiger partial charge in [-0.25, -0.2) is 0 Å². The Bertz CT molecular complexity index is 1040. The van der Waals surface area contributed by atoms with E-state index >= 15 is 0 Å². The van der Waals surface area contributed by atoms with Gasteiger partial charge in [0.25, 0.3) is 0 Å². The summed E-state index contributed by atoms with van der Waals surface area (Å²) >= 11 is 0. The molecule has 3 aliphatic rings. The van der Waals surface area contributed by atoms with Gasteiger partial charge in [0, 0.05) is 11.4 Å². The summed E-state index contributed by atoms with van der Waals surface area (Å²) in [5, 5.41) is 0. The second kappa shape index (κ2) is 10.3. The van der Waals surface area contributed by atoms with Crippen LogP contribution in [0.5, 0.6) is 0 Å². The Morgan fingerprint density at radius 3 is 2.52 bits per heavy atom. The molecule has 158 valence electrons. The van der Waals surface area contributed by atoms with Gasteiger partial charge in [-0.3, -0.25) is 0 Å². The molecule has 1 aromatic rings. The van der Waals surface area contributed by atoms with Gasteiger partial charge in [0.2, 0.25) is 0 Å². The van der Waals surface area contributed by atoms with Crippen molar-refractivity contribution in [2.45, 2.75) is 52.4 Å². The topological polar surface area (TPSA) is 3.24 Å². The van der Waals surface area contributed by atoms with Gasteiger partial charge in [0.1, 0.15) is 0 Å². The highest BCUT2D eigenvalue weighted by molar-refractivity contribution is 5.68. The van der Waals surface area contributed by atoms with E-state index in [2.05, 4.69) is 110 Å². The Hall–Kier alpha value is -3.06. The number of hydrogen-bond donors (Lipinski definition) is 0. The molecule has 31 heavy (non-hydrogen) atoms. The monoisotopic (exact) mass is 407 g/mol. The van der Waals surface area contributed by atoms with Gasteiger partial charge in [-0.2, -0.15) is 0 Å². The first kappa shape index (κ1) is 21.2. The molecule has 0 heterocycles. The average molecular weight is 408 g/mol. The van der Waals surface area contributed by atoms with E-state index in [1.165, 1.54) is 45.8 Å². The minimum atomic E-state index is 0.946. The molecule has 0 N–H and O–H groups in total. The quantitative estimate of drug-likeness (QED) is 0.473. The van der Waals surface area contributed by atoms with E-state index in [0.29, 0.717) is 0 Å². The highest BCUT2D eigenvalue weighted by atomic mass is 15.2. The van der Waals surface area contributed by atoms with Crippen LogP contribution in [0.25, 0.3) is 0 Å². The first-order valence-corrected chi connectivity index (χ1v) is 11.6. The van der Waals surface area contributed by atoms with Crippen LogP contribution in [-0.4, -0.2) is 0 Å². The lowest BCUT2D eigenvalue weighted by molar-refractivity contribution is 0.875. The average Bonchev–Trinajstić information content (AvgIpc) is 3.17. The zero-order valence-electron chi connectivity index (χ0n) is 18.9. The Morgan fingerprint density at radius 1 is 0.839 bits per heavy atom. The van der Waals surface area contributed by atoms with Crippen LogP contribution in [-0.2, 0) is 0 Å². The highest BCUT2D eigenvalue weighted by Gasteiger charge is 2.21. The van der Waals surface area contributed by atoms with Gasteiger partial charge in [0.15, 0.2) is 0 Å². The molecule has 3 aliphatic carbocycles. The van der Waals surface area contributed by atoms with Crippen molar-refractivity contribution in [3.63, 3.8) is 0 Å². The molecule has 0 fully saturated rings. The Labute approximate surface area is 187 Å². The van der Waals surface area contributed by atoms with Crippen molar-refractivity contribution in [3.05, 3.63) is 125 Å². The van der Waals surface area contributed by atoms with E-state index in [-0.39, 0.29) is 0 Å². The van der Waals surface area contributed by atoms with Gasteiger partial charge < -0.3 is 4.90 Å². The van der Waals surface area contributed by atoms with Crippen LogP contribution in [0.2, 0.25) is 0 Å². The zero-order valence-corrected chi connectivity index (χ0v) is 18.9. The third-order valence-electron chi connectivity index (χ3n) is 6.07. The van der Waals surface area contributed by atoms with Gasteiger partial charge in [0.05, 0.1) is 5.70 Å². The lowest BCUT2D eigenvalue weighted by atomic mass is 9.94. The van der Waals surface area contributed by atoms with Gasteiger partial charge in [-0.05, 0) is 87.8 Å². The van der Waals surface area contributed by atoms with Crippen LogP contribution < -0.4 is 4.90 Å². The molecule has 0 spiro atoms. The summed E-state index contributed by atoms with van der Waals surface area (Å²) in [5.41, 5.74) is 9.10. The molecule has 0 saturated carbocycles. The summed E-state index contributed by atoms with van der Waals surface area (Å²) in [6.07, 6.45) is 29.9. The Morgan fingerprint density at radius 2 is 1.68 bits per heavy atom. The summed E-state index contributed by atoms with van der Waals surface area (Å²) in [5.74, 6) is 0. The van der Waals surface area contributed by atoms with Crippen molar-refractivity contribution in [2.24, 2.45) is 0 Å². The number of para-hydroxylation sites is 1. The molecule has 0 radical (unpaired) electrons. The number of rotatable bonds is 5. The summed E-state index contributed by atoms with van der Waals surface area (Å²) in [6, 6.07) is 10.8. The fraction of sp³-hybridized carbons (Fsp3) is 0.267. The first-order chi connectivity index (χ1) is 15.2. The lowest BCUT2D eigenvalue weighted by Crippen LogP contribution is -2.23. The van der Waals surface area contributed by atoms with Crippen LogP contribution in [0.15, 0.2) is 125 Å². The molecule has 0 saturated heterocycles. The molecule has 1 heteroatoms. The summed E-state index contributed by atoms with van der Waals surface area (Å²) in [7, 11) is 0. The van der Waals surface area contributed by atoms with Gasteiger partial charge in [-0.1, -0.05) is 78.0 Å². The molecule has 0 aromatic heterocycles. The molecule has 0 bridgehead atoms. The lowest BCUT2D eigenvalue weighted by Gasteiger charge is -2.31. The van der Waals surface area contributed by atoms with E-state index in [4.69, 9.17) is 0 Å². The van der Waals surface area contributed by atoms with Crippen LogP contribution in [0, 0.1) is 0 Å². The maximum atomic E-state index is 2.44. The third kappa shape index (κ3) is 5.35. The Balaban J connectivity index is 1.90. The SMILES string of the molecule is CC1=CCC=C(N(/C(=C/C2=CCCCC=C2)C2=C(C)CCC=C2)c2ccccc2)C=C1. The van der Waals surface area contributed by atoms with Crippen molar-refractivity contribution in [3.8, 4) is 0 Å². The van der Waals surface area contributed by atoms with Crippen molar-refractivity contribution in [2.75, 3.05) is 4.90 Å². The third-order valence-corrected chi connectivity index (χ3v) is 6.07.